The number of benzene rings is 2. The fraction of sp³-hybridized carbons (Fsp3) is 0.440. The molecule has 0 saturated heterocycles. The van der Waals surface area contributed by atoms with E-state index in [-0.39, 0.29) is 32.2 Å². The Balaban J connectivity index is 1.34. The van der Waals surface area contributed by atoms with E-state index in [1.54, 1.807) is 12.1 Å². The molecule has 1 saturated carbocycles. The molecule has 2 aliphatic rings. The van der Waals surface area contributed by atoms with Crippen molar-refractivity contribution in [1.82, 2.24) is 10.2 Å². The lowest BCUT2D eigenvalue weighted by Gasteiger charge is -2.31. The van der Waals surface area contributed by atoms with Gasteiger partial charge in [0.2, 0.25) is 0 Å². The van der Waals surface area contributed by atoms with Crippen molar-refractivity contribution in [2.75, 3.05) is 19.8 Å². The molecule has 3 atom stereocenters. The standard InChI is InChI=1S/C25H29F3N2O2/c1-16(14-31)29-17(2)19-5-3-18(4-6-19)11-30-12-20-7-8-22(9-23(20)24(26)13-30)32-15-21-10-25(21,27)28/h3-9,17,21,24,29,31H,1,10-15H2,2H3/t17-,21?,24?/m0/s1. The maximum absolute atomic E-state index is 14.9. The Morgan fingerprint density at radius 1 is 1.28 bits per heavy atom. The van der Waals surface area contributed by atoms with Crippen molar-refractivity contribution in [3.8, 4) is 5.75 Å². The third-order valence-corrected chi connectivity index (χ3v) is 6.17. The van der Waals surface area contributed by atoms with Crippen LogP contribution in [0.1, 0.15) is 47.8 Å². The van der Waals surface area contributed by atoms with Gasteiger partial charge in [0, 0.05) is 37.8 Å². The van der Waals surface area contributed by atoms with Gasteiger partial charge >= 0.3 is 0 Å². The summed E-state index contributed by atoms with van der Waals surface area (Å²) in [5, 5.41) is 12.2. The van der Waals surface area contributed by atoms with Gasteiger partial charge in [0.05, 0.1) is 19.1 Å². The Bertz CT molecular complexity index is 964. The summed E-state index contributed by atoms with van der Waals surface area (Å²) in [5.74, 6) is -2.89. The highest BCUT2D eigenvalue weighted by atomic mass is 19.3. The highest BCUT2D eigenvalue weighted by molar-refractivity contribution is 5.39. The van der Waals surface area contributed by atoms with Gasteiger partial charge in [0.15, 0.2) is 0 Å². The number of alkyl halides is 3. The molecule has 1 fully saturated rings. The van der Waals surface area contributed by atoms with Crippen LogP contribution in [0.25, 0.3) is 0 Å². The number of hydrogen-bond acceptors (Lipinski definition) is 4. The van der Waals surface area contributed by atoms with Crippen molar-refractivity contribution in [3.05, 3.63) is 77.0 Å². The molecule has 2 N–H and O–H groups in total. The summed E-state index contributed by atoms with van der Waals surface area (Å²) >= 11 is 0. The summed E-state index contributed by atoms with van der Waals surface area (Å²) in [7, 11) is 0. The van der Waals surface area contributed by atoms with Crippen molar-refractivity contribution in [2.45, 2.75) is 44.6 Å². The van der Waals surface area contributed by atoms with E-state index in [0.717, 1.165) is 16.7 Å². The first-order valence-electron chi connectivity index (χ1n) is 10.9. The first-order chi connectivity index (χ1) is 15.2. The monoisotopic (exact) mass is 446 g/mol. The second-order valence-corrected chi connectivity index (χ2v) is 8.84. The van der Waals surface area contributed by atoms with E-state index in [1.807, 2.05) is 37.3 Å². The summed E-state index contributed by atoms with van der Waals surface area (Å²) in [5.41, 5.74) is 4.21. The molecule has 0 bridgehead atoms. The number of fused-ring (bicyclic) bond motifs is 1. The van der Waals surface area contributed by atoms with Crippen LogP contribution in [0.5, 0.6) is 5.75 Å². The van der Waals surface area contributed by atoms with Crippen molar-refractivity contribution >= 4 is 0 Å². The number of nitrogens with one attached hydrogen (secondary N) is 1. The maximum Gasteiger partial charge on any atom is 0.255 e. The van der Waals surface area contributed by atoms with E-state index in [4.69, 9.17) is 9.84 Å². The maximum atomic E-state index is 14.9. The number of nitrogens with zero attached hydrogens (tertiary/aromatic N) is 1. The lowest BCUT2D eigenvalue weighted by Crippen LogP contribution is -2.31. The van der Waals surface area contributed by atoms with Crippen LogP contribution in [0.3, 0.4) is 0 Å². The zero-order chi connectivity index (χ0) is 22.9. The van der Waals surface area contributed by atoms with E-state index in [0.29, 0.717) is 30.1 Å². The van der Waals surface area contributed by atoms with Gasteiger partial charge in [-0.2, -0.15) is 0 Å². The van der Waals surface area contributed by atoms with Crippen LogP contribution < -0.4 is 10.1 Å². The zero-order valence-corrected chi connectivity index (χ0v) is 18.2. The first-order valence-corrected chi connectivity index (χ1v) is 10.9. The van der Waals surface area contributed by atoms with E-state index in [9.17, 15) is 13.2 Å². The molecule has 4 rings (SSSR count). The van der Waals surface area contributed by atoms with Gasteiger partial charge in [-0.25, -0.2) is 13.2 Å². The van der Waals surface area contributed by atoms with Crippen LogP contribution in [-0.2, 0) is 13.1 Å². The SMILES string of the molecule is C=C(CO)N[C@@H](C)c1ccc(CN2Cc3ccc(OCC4CC4(F)F)cc3C(F)C2)cc1. The van der Waals surface area contributed by atoms with Crippen molar-refractivity contribution in [2.24, 2.45) is 5.92 Å². The molecule has 1 aliphatic carbocycles. The van der Waals surface area contributed by atoms with E-state index in [2.05, 4.69) is 16.8 Å². The van der Waals surface area contributed by atoms with Crippen molar-refractivity contribution in [1.29, 1.82) is 0 Å². The smallest absolute Gasteiger partial charge is 0.255 e. The van der Waals surface area contributed by atoms with Crippen molar-refractivity contribution < 1.29 is 23.0 Å². The first kappa shape index (κ1) is 22.7. The quantitative estimate of drug-likeness (QED) is 0.575. The van der Waals surface area contributed by atoms with Crippen LogP contribution in [0, 0.1) is 5.92 Å². The predicted molar refractivity (Wildman–Crippen MR) is 117 cm³/mol. The molecule has 1 heterocycles. The third-order valence-electron chi connectivity index (χ3n) is 6.17. The average Bonchev–Trinajstić information content (AvgIpc) is 3.39. The Morgan fingerprint density at radius 3 is 2.66 bits per heavy atom. The number of aliphatic hydroxyl groups excluding tert-OH is 1. The van der Waals surface area contributed by atoms with Crippen LogP contribution in [0.15, 0.2) is 54.7 Å². The molecule has 172 valence electrons. The molecular weight excluding hydrogens is 417 g/mol. The second-order valence-electron chi connectivity index (χ2n) is 8.84. The van der Waals surface area contributed by atoms with Crippen LogP contribution in [-0.4, -0.2) is 35.7 Å². The summed E-state index contributed by atoms with van der Waals surface area (Å²) in [6.45, 7) is 7.12. The third kappa shape index (κ3) is 5.27. The fourth-order valence-corrected chi connectivity index (χ4v) is 4.10. The molecule has 32 heavy (non-hydrogen) atoms. The van der Waals surface area contributed by atoms with Crippen molar-refractivity contribution in [3.63, 3.8) is 0 Å². The Hall–Kier alpha value is -2.51. The Labute approximate surface area is 186 Å². The summed E-state index contributed by atoms with van der Waals surface area (Å²) < 4.78 is 46.4. The molecule has 0 aromatic heterocycles. The number of aliphatic hydroxyl groups is 1. The van der Waals surface area contributed by atoms with Gasteiger partial charge in [-0.1, -0.05) is 36.9 Å². The molecule has 0 amide bonds. The average molecular weight is 447 g/mol. The van der Waals surface area contributed by atoms with Gasteiger partial charge < -0.3 is 15.2 Å². The summed E-state index contributed by atoms with van der Waals surface area (Å²) in [6.07, 6.45) is -1.29. The highest BCUT2D eigenvalue weighted by Crippen LogP contribution is 2.48. The molecule has 2 aromatic rings. The largest absolute Gasteiger partial charge is 0.493 e. The minimum absolute atomic E-state index is 0.0309. The second kappa shape index (κ2) is 9.16. The van der Waals surface area contributed by atoms with E-state index >= 15 is 0 Å². The molecule has 1 aliphatic heterocycles. The minimum atomic E-state index is -2.61. The molecule has 2 unspecified atom stereocenters. The van der Waals surface area contributed by atoms with Gasteiger partial charge in [-0.15, -0.1) is 0 Å². The number of halogens is 3. The number of ether oxygens (including phenoxy) is 1. The minimum Gasteiger partial charge on any atom is -0.493 e. The molecule has 0 radical (unpaired) electrons. The normalized spacial score (nSPS) is 22.7. The van der Waals surface area contributed by atoms with Gasteiger partial charge in [-0.3, -0.25) is 4.90 Å². The lowest BCUT2D eigenvalue weighted by atomic mass is 9.97. The highest BCUT2D eigenvalue weighted by Gasteiger charge is 2.57. The van der Waals surface area contributed by atoms with Crippen LogP contribution in [0.4, 0.5) is 13.2 Å². The predicted octanol–water partition coefficient (Wildman–Crippen LogP) is 4.90. The van der Waals surface area contributed by atoms with Gasteiger partial charge in [0.25, 0.3) is 5.92 Å². The molecule has 2 aromatic carbocycles. The number of hydrogen-bond donors (Lipinski definition) is 2. The zero-order valence-electron chi connectivity index (χ0n) is 18.2. The van der Waals surface area contributed by atoms with E-state index < -0.39 is 18.0 Å². The molecule has 4 nitrogen and oxygen atoms in total. The number of rotatable bonds is 9. The lowest BCUT2D eigenvalue weighted by molar-refractivity contribution is 0.0855. The van der Waals surface area contributed by atoms with Crippen LogP contribution in [0.2, 0.25) is 0 Å². The fourth-order valence-electron chi connectivity index (χ4n) is 4.10. The van der Waals surface area contributed by atoms with Gasteiger partial charge in [-0.05, 0) is 41.3 Å². The Kier molecular flexibility index (Phi) is 6.49. The van der Waals surface area contributed by atoms with Gasteiger partial charge in [0.1, 0.15) is 11.9 Å². The molecule has 0 spiro atoms. The molecule has 7 heteroatoms. The Morgan fingerprint density at radius 2 is 2.00 bits per heavy atom. The van der Waals surface area contributed by atoms with E-state index in [1.165, 1.54) is 0 Å². The topological polar surface area (TPSA) is 44.7 Å². The van der Waals surface area contributed by atoms with Crippen LogP contribution >= 0.6 is 0 Å². The summed E-state index contributed by atoms with van der Waals surface area (Å²) in [6, 6.07) is 13.4. The molecular formula is C25H29F3N2O2. The summed E-state index contributed by atoms with van der Waals surface area (Å²) in [4.78, 5) is 2.06.